The van der Waals surface area contributed by atoms with Crippen LogP contribution in [-0.4, -0.2) is 45.4 Å². The van der Waals surface area contributed by atoms with Crippen molar-refractivity contribution in [2.45, 2.75) is 50.6 Å². The summed E-state index contributed by atoms with van der Waals surface area (Å²) in [5, 5.41) is 3.50. The summed E-state index contributed by atoms with van der Waals surface area (Å²) in [6.45, 7) is 2.90. The number of anilines is 1. The van der Waals surface area contributed by atoms with Gasteiger partial charge in [-0.05, 0) is 86.7 Å². The molecular formula is C30H37N3O3. The summed E-state index contributed by atoms with van der Waals surface area (Å²) in [7, 11) is 5.16. The van der Waals surface area contributed by atoms with E-state index in [1.165, 1.54) is 36.1 Å². The monoisotopic (exact) mass is 487 g/mol. The van der Waals surface area contributed by atoms with Crippen LogP contribution < -0.4 is 24.4 Å². The van der Waals surface area contributed by atoms with Gasteiger partial charge in [-0.25, -0.2) is 0 Å². The van der Waals surface area contributed by atoms with E-state index >= 15 is 0 Å². The first-order valence-electron chi connectivity index (χ1n) is 13.0. The van der Waals surface area contributed by atoms with E-state index in [1.54, 1.807) is 21.3 Å². The number of aromatic nitrogens is 1. The predicted molar refractivity (Wildman–Crippen MR) is 144 cm³/mol. The maximum atomic E-state index is 5.76. The summed E-state index contributed by atoms with van der Waals surface area (Å²) >= 11 is 0. The second-order valence-electron chi connectivity index (χ2n) is 9.79. The van der Waals surface area contributed by atoms with Gasteiger partial charge in [-0.1, -0.05) is 12.5 Å². The molecule has 0 amide bonds. The fourth-order valence-electron chi connectivity index (χ4n) is 5.43. The molecule has 5 rings (SSSR count). The number of methoxy groups -OCH3 is 3. The Balaban J connectivity index is 1.48. The molecule has 0 spiro atoms. The molecule has 3 aromatic rings. The number of pyridine rings is 1. The summed E-state index contributed by atoms with van der Waals surface area (Å²) in [6, 6.07) is 17.5. The maximum Gasteiger partial charge on any atom is 0.164 e. The van der Waals surface area contributed by atoms with Crippen molar-refractivity contribution in [3.63, 3.8) is 0 Å². The molecule has 6 heteroatoms. The molecule has 0 radical (unpaired) electrons. The second-order valence-corrected chi connectivity index (χ2v) is 9.79. The molecule has 1 aromatic heterocycles. The van der Waals surface area contributed by atoms with Crippen LogP contribution >= 0.6 is 0 Å². The molecule has 2 fully saturated rings. The third-order valence-corrected chi connectivity index (χ3v) is 7.66. The van der Waals surface area contributed by atoms with Crippen molar-refractivity contribution in [3.8, 4) is 28.5 Å². The van der Waals surface area contributed by atoms with Crippen LogP contribution in [-0.2, 0) is 6.54 Å². The van der Waals surface area contributed by atoms with Crippen LogP contribution in [0.1, 0.15) is 49.1 Å². The van der Waals surface area contributed by atoms with Gasteiger partial charge in [0, 0.05) is 41.7 Å². The topological polar surface area (TPSA) is 55.9 Å². The van der Waals surface area contributed by atoms with Gasteiger partial charge < -0.3 is 24.4 Å². The van der Waals surface area contributed by atoms with Gasteiger partial charge in [0.2, 0.25) is 0 Å². The lowest BCUT2D eigenvalue weighted by molar-refractivity contribution is 0.337. The lowest BCUT2D eigenvalue weighted by Gasteiger charge is -2.36. The minimum Gasteiger partial charge on any atom is -0.497 e. The van der Waals surface area contributed by atoms with Crippen LogP contribution in [0.25, 0.3) is 11.3 Å². The summed E-state index contributed by atoms with van der Waals surface area (Å²) in [4.78, 5) is 7.28. The highest BCUT2D eigenvalue weighted by Crippen LogP contribution is 2.46. The molecule has 0 bridgehead atoms. The van der Waals surface area contributed by atoms with Gasteiger partial charge in [-0.15, -0.1) is 0 Å². The van der Waals surface area contributed by atoms with Crippen molar-refractivity contribution in [2.75, 3.05) is 39.3 Å². The molecule has 0 atom stereocenters. The summed E-state index contributed by atoms with van der Waals surface area (Å²) in [6.07, 6.45) is 7.83. The Labute approximate surface area is 214 Å². The van der Waals surface area contributed by atoms with Crippen LogP contribution in [0.5, 0.6) is 17.2 Å². The molecule has 190 valence electrons. The Morgan fingerprint density at radius 1 is 0.917 bits per heavy atom. The van der Waals surface area contributed by atoms with Crippen LogP contribution in [0.3, 0.4) is 0 Å². The SMILES string of the molecule is COc1cccc(N(Cc2ccnc(-c3cc(OC)c(OC)c(C4CCC4)c3)c2)C2CCNCC2)c1. The Kier molecular flexibility index (Phi) is 7.61. The van der Waals surface area contributed by atoms with Gasteiger partial charge in [-0.3, -0.25) is 4.98 Å². The zero-order valence-corrected chi connectivity index (χ0v) is 21.6. The maximum absolute atomic E-state index is 5.76. The minimum absolute atomic E-state index is 0.473. The van der Waals surface area contributed by atoms with Crippen LogP contribution in [0.4, 0.5) is 5.69 Å². The van der Waals surface area contributed by atoms with Crippen molar-refractivity contribution in [1.29, 1.82) is 0 Å². The molecule has 2 heterocycles. The number of nitrogens with zero attached hydrogens (tertiary/aromatic N) is 2. The highest BCUT2D eigenvalue weighted by molar-refractivity contribution is 5.68. The lowest BCUT2D eigenvalue weighted by Crippen LogP contribution is -2.43. The fourth-order valence-corrected chi connectivity index (χ4v) is 5.43. The molecule has 2 aliphatic rings. The van der Waals surface area contributed by atoms with Crippen molar-refractivity contribution in [3.05, 3.63) is 65.9 Å². The standard InChI is InChI=1S/C30H37N3O3/c1-34-26-9-5-8-25(19-26)33(24-11-13-31-14-12-24)20-21-10-15-32-28(16-21)23-17-27(22-6-4-7-22)30(36-3)29(18-23)35-2/h5,8-10,15-19,22,24,31H,4,6-7,11-14,20H2,1-3H3. The summed E-state index contributed by atoms with van der Waals surface area (Å²) in [5.41, 5.74) is 5.70. The Bertz CT molecular complexity index is 1170. The molecule has 2 aromatic carbocycles. The zero-order chi connectivity index (χ0) is 24.9. The summed E-state index contributed by atoms with van der Waals surface area (Å²) in [5.74, 6) is 3.05. The fraction of sp³-hybridized carbons (Fsp3) is 0.433. The molecule has 6 nitrogen and oxygen atoms in total. The molecular weight excluding hydrogens is 450 g/mol. The van der Waals surface area contributed by atoms with Crippen molar-refractivity contribution in [2.24, 2.45) is 0 Å². The van der Waals surface area contributed by atoms with Gasteiger partial charge in [0.15, 0.2) is 11.5 Å². The average Bonchev–Trinajstić information content (AvgIpc) is 2.91. The van der Waals surface area contributed by atoms with E-state index in [4.69, 9.17) is 19.2 Å². The Morgan fingerprint density at radius 2 is 1.75 bits per heavy atom. The van der Waals surface area contributed by atoms with Crippen molar-refractivity contribution < 1.29 is 14.2 Å². The van der Waals surface area contributed by atoms with Crippen LogP contribution in [0.2, 0.25) is 0 Å². The first-order valence-corrected chi connectivity index (χ1v) is 13.0. The zero-order valence-electron chi connectivity index (χ0n) is 21.6. The molecule has 1 saturated heterocycles. The van der Waals surface area contributed by atoms with Gasteiger partial charge in [0.25, 0.3) is 0 Å². The Morgan fingerprint density at radius 3 is 2.44 bits per heavy atom. The number of piperidine rings is 1. The molecule has 1 N–H and O–H groups in total. The van der Waals surface area contributed by atoms with Gasteiger partial charge >= 0.3 is 0 Å². The number of nitrogens with one attached hydrogen (secondary N) is 1. The van der Waals surface area contributed by atoms with E-state index in [1.807, 2.05) is 12.3 Å². The van der Waals surface area contributed by atoms with Crippen molar-refractivity contribution >= 4 is 5.69 Å². The van der Waals surface area contributed by atoms with Crippen LogP contribution in [0.15, 0.2) is 54.7 Å². The number of benzene rings is 2. The highest BCUT2D eigenvalue weighted by Gasteiger charge is 2.26. The normalized spacial score (nSPS) is 16.3. The van der Waals surface area contributed by atoms with E-state index < -0.39 is 0 Å². The number of ether oxygens (including phenoxy) is 3. The third-order valence-electron chi connectivity index (χ3n) is 7.66. The van der Waals surface area contributed by atoms with E-state index in [0.29, 0.717) is 12.0 Å². The predicted octanol–water partition coefficient (Wildman–Crippen LogP) is 5.80. The second kappa shape index (κ2) is 11.2. The Hall–Kier alpha value is -3.25. The molecule has 0 unspecified atom stereocenters. The highest BCUT2D eigenvalue weighted by atomic mass is 16.5. The first kappa shape index (κ1) is 24.4. The van der Waals surface area contributed by atoms with Gasteiger partial charge in [-0.2, -0.15) is 0 Å². The van der Waals surface area contributed by atoms with E-state index in [0.717, 1.165) is 61.0 Å². The largest absolute Gasteiger partial charge is 0.497 e. The first-order chi connectivity index (χ1) is 17.7. The van der Waals surface area contributed by atoms with E-state index in [2.05, 4.69) is 52.7 Å². The van der Waals surface area contributed by atoms with Gasteiger partial charge in [0.1, 0.15) is 5.75 Å². The van der Waals surface area contributed by atoms with Crippen LogP contribution in [0, 0.1) is 0 Å². The smallest absolute Gasteiger partial charge is 0.164 e. The molecule has 1 aliphatic heterocycles. The van der Waals surface area contributed by atoms with Crippen molar-refractivity contribution in [1.82, 2.24) is 10.3 Å². The quantitative estimate of drug-likeness (QED) is 0.412. The number of hydrogen-bond acceptors (Lipinski definition) is 6. The van der Waals surface area contributed by atoms with E-state index in [-0.39, 0.29) is 0 Å². The minimum atomic E-state index is 0.473. The van der Waals surface area contributed by atoms with Gasteiger partial charge in [0.05, 0.1) is 27.0 Å². The lowest BCUT2D eigenvalue weighted by atomic mass is 9.79. The molecule has 1 saturated carbocycles. The van der Waals surface area contributed by atoms with E-state index in [9.17, 15) is 0 Å². The average molecular weight is 488 g/mol. The molecule has 36 heavy (non-hydrogen) atoms. The number of rotatable bonds is 9. The molecule has 1 aliphatic carbocycles. The third kappa shape index (κ3) is 5.14. The number of hydrogen-bond donors (Lipinski definition) is 1. The summed E-state index contributed by atoms with van der Waals surface area (Å²) < 4.78 is 17.0.